The highest BCUT2D eigenvalue weighted by atomic mass is 19.1. The highest BCUT2D eigenvalue weighted by Crippen LogP contribution is 2.52. The van der Waals surface area contributed by atoms with Crippen molar-refractivity contribution in [3.8, 4) is 89.0 Å². The molecule has 0 aliphatic heterocycles. The average Bonchev–Trinajstić information content (AvgIpc) is 0.713. The van der Waals surface area contributed by atoms with E-state index in [9.17, 15) is 5.48 Å². The first-order chi connectivity index (χ1) is 49.6. The molecule has 0 saturated carbocycles. The molecule has 0 heterocycles. The summed E-state index contributed by atoms with van der Waals surface area (Å²) < 4.78 is 132. The Hall–Kier alpha value is -12.0. The van der Waals surface area contributed by atoms with Crippen LogP contribution in [0.15, 0.2) is 352 Å². The number of hydrogen-bond donors (Lipinski definition) is 0. The van der Waals surface area contributed by atoms with Gasteiger partial charge in [-0.05, 0) is 172 Å². The van der Waals surface area contributed by atoms with E-state index in [1.807, 2.05) is 267 Å². The van der Waals surface area contributed by atoms with Crippen LogP contribution in [0, 0.1) is 11.6 Å². The number of anilines is 6. The second-order valence-corrected chi connectivity index (χ2v) is 22.6. The van der Waals surface area contributed by atoms with Gasteiger partial charge in [0.15, 0.2) is 11.6 Å². The van der Waals surface area contributed by atoms with Gasteiger partial charge >= 0.3 is 0 Å². The van der Waals surface area contributed by atoms with Gasteiger partial charge in [-0.1, -0.05) is 279 Å². The van der Waals surface area contributed by atoms with E-state index >= 15 is 8.78 Å². The Bertz CT molecular complexity index is 5570. The molecule has 0 amide bonds. The second kappa shape index (κ2) is 23.8. The lowest BCUT2D eigenvalue weighted by Gasteiger charge is -2.30. The smallest absolute Gasteiger partial charge is 0.155 e. The SMILES string of the molecule is [2H]c1c([2H])c([2H])c(N(c2ccc(-c3cccc(-c4ccccc4)c3)c(-c3cccc(-c4ccccc4)c3)c2F)c2ccc3ccc4c(N(c5ccc(-c6cccc(-c7ccccc7)c6)c(-c6cccc(-c7ccccc7)c6)c5F)c5c([2H])c([2H])c([2H])c([2H])c5[2H])ccc5ccc2c3c54)c([2H])c1[2H]. The Kier molecular flexibility index (Phi) is 11.7. The van der Waals surface area contributed by atoms with E-state index < -0.39 is 72.1 Å². The quantitative estimate of drug-likeness (QED) is 0.100. The van der Waals surface area contributed by atoms with Crippen LogP contribution in [0.2, 0.25) is 0 Å². The molecule has 0 radical (unpaired) electrons. The maximum atomic E-state index is 19.5. The van der Waals surface area contributed by atoms with Crippen LogP contribution in [-0.2, 0) is 0 Å². The van der Waals surface area contributed by atoms with E-state index in [0.717, 1.165) is 44.5 Å². The zero-order chi connectivity index (χ0) is 70.2. The van der Waals surface area contributed by atoms with Gasteiger partial charge in [-0.25, -0.2) is 8.78 Å². The predicted octanol–water partition coefficient (Wildman–Crippen LogP) is 25.1. The number of hydrogen-bond acceptors (Lipinski definition) is 2. The van der Waals surface area contributed by atoms with Gasteiger partial charge in [-0.15, -0.1) is 0 Å². The van der Waals surface area contributed by atoms with Crippen molar-refractivity contribution in [1.29, 1.82) is 0 Å². The number of benzene rings is 16. The molecule has 0 aliphatic rings. The number of rotatable bonds is 14. The molecule has 0 saturated heterocycles. The minimum absolute atomic E-state index is 0.129. The molecule has 434 valence electrons. The molecule has 16 aromatic rings. The van der Waals surface area contributed by atoms with Crippen LogP contribution in [0.4, 0.5) is 42.9 Å². The van der Waals surface area contributed by atoms with Crippen molar-refractivity contribution in [2.24, 2.45) is 0 Å². The standard InChI is InChI=1S/C88H58F2N2/c89-87-81(53-49-75(69-35-19-31-65(55-69)59-23-7-1-8-24-59)85(87)71-37-21-33-67(57-71)61-27-11-3-12-28-61)91(73-39-15-5-16-40-73)79-51-45-63-44-48-78-80(52-46-64-43-47-77(79)83(63)84(64)78)92(74-41-17-6-18-42-74)82-54-50-76(70-36-20-32-66(56-70)60-25-9-2-10-26-60)86(88(82)90)72-38-22-34-68(58-72)62-29-13-4-14-30-62/h1-58H/i5D,6D,15D,16D,17D,18D,39D,40D,41D,42D. The summed E-state index contributed by atoms with van der Waals surface area (Å²) in [6.07, 6.45) is 0. The Morgan fingerprint density at radius 1 is 0.239 bits per heavy atom. The van der Waals surface area contributed by atoms with E-state index in [2.05, 4.69) is 0 Å². The topological polar surface area (TPSA) is 6.48 Å². The minimum atomic E-state index is -0.750. The lowest BCUT2D eigenvalue weighted by atomic mass is 9.89. The van der Waals surface area contributed by atoms with E-state index in [0.29, 0.717) is 65.7 Å². The summed E-state index contributed by atoms with van der Waals surface area (Å²) in [7, 11) is 0. The van der Waals surface area contributed by atoms with Crippen molar-refractivity contribution in [3.05, 3.63) is 363 Å². The van der Waals surface area contributed by atoms with Crippen molar-refractivity contribution < 1.29 is 22.5 Å². The summed E-state index contributed by atoms with van der Waals surface area (Å²) in [5.41, 5.74) is 10.6. The van der Waals surface area contributed by atoms with E-state index in [1.54, 1.807) is 24.3 Å². The molecule has 16 rings (SSSR count). The fourth-order valence-electron chi connectivity index (χ4n) is 13.1. The number of nitrogens with zero attached hydrogens (tertiary/aromatic N) is 2. The third kappa shape index (κ3) is 10.1. The Morgan fingerprint density at radius 2 is 0.522 bits per heavy atom. The number of halogens is 2. The fourth-order valence-corrected chi connectivity index (χ4v) is 13.1. The minimum Gasteiger partial charge on any atom is -0.307 e. The van der Waals surface area contributed by atoms with Crippen LogP contribution in [0.3, 0.4) is 0 Å². The molecule has 0 N–H and O–H groups in total. The van der Waals surface area contributed by atoms with E-state index in [-0.39, 0.29) is 45.3 Å². The Balaban J connectivity index is 0.955. The molecule has 92 heavy (non-hydrogen) atoms. The van der Waals surface area contributed by atoms with Crippen LogP contribution < -0.4 is 9.80 Å². The molecule has 4 heteroatoms. The van der Waals surface area contributed by atoms with Gasteiger partial charge in [0.05, 0.1) is 36.5 Å². The first kappa shape index (κ1) is 45.3. The zero-order valence-corrected chi connectivity index (χ0v) is 49.4. The molecule has 0 aromatic heterocycles. The van der Waals surface area contributed by atoms with Crippen molar-refractivity contribution in [1.82, 2.24) is 0 Å². The predicted molar refractivity (Wildman–Crippen MR) is 383 cm³/mol. The Labute approximate surface area is 548 Å². The molecule has 2 nitrogen and oxygen atoms in total. The largest absolute Gasteiger partial charge is 0.307 e. The second-order valence-electron chi connectivity index (χ2n) is 22.6. The van der Waals surface area contributed by atoms with Crippen LogP contribution in [0.5, 0.6) is 0 Å². The number of para-hydroxylation sites is 2. The molecule has 0 unspecified atom stereocenters. The highest BCUT2D eigenvalue weighted by molar-refractivity contribution is 6.28. The molecule has 0 fully saturated rings. The first-order valence-electron chi connectivity index (χ1n) is 35.4. The summed E-state index contributed by atoms with van der Waals surface area (Å²) in [6, 6.07) is 85.3. The van der Waals surface area contributed by atoms with E-state index in [1.165, 1.54) is 9.80 Å². The van der Waals surface area contributed by atoms with Gasteiger partial charge in [0.1, 0.15) is 0 Å². The average molecular weight is 1190 g/mol. The van der Waals surface area contributed by atoms with Gasteiger partial charge in [0, 0.05) is 33.3 Å². The zero-order valence-electron chi connectivity index (χ0n) is 59.4. The molecule has 16 aromatic carbocycles. The van der Waals surface area contributed by atoms with E-state index in [4.69, 9.17) is 8.22 Å². The molecular weight excluding hydrogens is 1120 g/mol. The van der Waals surface area contributed by atoms with Crippen LogP contribution in [0.25, 0.3) is 121 Å². The maximum absolute atomic E-state index is 19.5. The van der Waals surface area contributed by atoms with Crippen molar-refractivity contribution in [2.75, 3.05) is 9.80 Å². The molecule has 0 atom stereocenters. The van der Waals surface area contributed by atoms with Gasteiger partial charge < -0.3 is 9.80 Å². The summed E-state index contributed by atoms with van der Waals surface area (Å²) in [4.78, 5) is 2.83. The third-order valence-electron chi connectivity index (χ3n) is 17.3. The van der Waals surface area contributed by atoms with Gasteiger partial charge in [0.2, 0.25) is 0 Å². The van der Waals surface area contributed by atoms with Gasteiger partial charge in [-0.3, -0.25) is 0 Å². The van der Waals surface area contributed by atoms with Crippen LogP contribution in [0.1, 0.15) is 13.7 Å². The molecular formula is C88H58F2N2. The van der Waals surface area contributed by atoms with Gasteiger partial charge in [0.25, 0.3) is 0 Å². The first-order valence-corrected chi connectivity index (χ1v) is 30.4. The normalized spacial score (nSPS) is 12.9. The lowest BCUT2D eigenvalue weighted by molar-refractivity contribution is 0.632. The summed E-state index contributed by atoms with van der Waals surface area (Å²) in [5, 5.41) is 3.46. The highest BCUT2D eigenvalue weighted by Gasteiger charge is 2.29. The summed E-state index contributed by atoms with van der Waals surface area (Å²) >= 11 is 0. The fraction of sp³-hybridized carbons (Fsp3) is 0. The molecule has 0 aliphatic carbocycles. The van der Waals surface area contributed by atoms with Crippen LogP contribution >= 0.6 is 0 Å². The maximum Gasteiger partial charge on any atom is 0.155 e. The van der Waals surface area contributed by atoms with Gasteiger partial charge in [-0.2, -0.15) is 0 Å². The third-order valence-corrected chi connectivity index (χ3v) is 17.3. The summed E-state index contributed by atoms with van der Waals surface area (Å²) in [6.45, 7) is 0. The monoisotopic (exact) mass is 1190 g/mol. The van der Waals surface area contributed by atoms with Crippen molar-refractivity contribution in [2.45, 2.75) is 0 Å². The Morgan fingerprint density at radius 3 is 0.870 bits per heavy atom. The molecule has 0 spiro atoms. The van der Waals surface area contributed by atoms with Crippen LogP contribution in [-0.4, -0.2) is 0 Å². The summed E-state index contributed by atoms with van der Waals surface area (Å²) in [5.74, 6) is -1.50. The lowest BCUT2D eigenvalue weighted by Crippen LogP contribution is -2.14. The van der Waals surface area contributed by atoms with Crippen molar-refractivity contribution >= 4 is 66.4 Å². The van der Waals surface area contributed by atoms with Crippen molar-refractivity contribution in [3.63, 3.8) is 0 Å². The molecule has 0 bridgehead atoms.